The second-order valence-electron chi connectivity index (χ2n) is 4.37. The molecule has 0 spiro atoms. The number of benzene rings is 1. The van der Waals surface area contributed by atoms with Crippen LogP contribution in [0.5, 0.6) is 0 Å². The number of halogens is 1. The van der Waals surface area contributed by atoms with Crippen LogP contribution in [0.3, 0.4) is 0 Å². The highest BCUT2D eigenvalue weighted by atomic mass is 79.9. The summed E-state index contributed by atoms with van der Waals surface area (Å²) < 4.78 is 0.979. The van der Waals surface area contributed by atoms with Gasteiger partial charge in [0.2, 0.25) is 0 Å². The van der Waals surface area contributed by atoms with Crippen LogP contribution < -0.4 is 0 Å². The van der Waals surface area contributed by atoms with E-state index in [4.69, 9.17) is 0 Å². The molecule has 1 amide bonds. The predicted molar refractivity (Wildman–Crippen MR) is 68.6 cm³/mol. The molecule has 2 nitrogen and oxygen atoms in total. The molecule has 1 saturated heterocycles. The van der Waals surface area contributed by atoms with Crippen LogP contribution in [-0.2, 0) is 0 Å². The average molecular weight is 282 g/mol. The predicted octanol–water partition coefficient (Wildman–Crippen LogP) is 3.38. The lowest BCUT2D eigenvalue weighted by Crippen LogP contribution is -2.35. The van der Waals surface area contributed by atoms with Gasteiger partial charge in [0.25, 0.3) is 5.91 Å². The Morgan fingerprint density at radius 2 is 1.88 bits per heavy atom. The van der Waals surface area contributed by atoms with Crippen LogP contribution in [-0.4, -0.2) is 23.9 Å². The minimum Gasteiger partial charge on any atom is -0.339 e. The molecule has 1 aliphatic heterocycles. The summed E-state index contributed by atoms with van der Waals surface area (Å²) in [5.41, 5.74) is 1.92. The summed E-state index contributed by atoms with van der Waals surface area (Å²) in [5.74, 6) is 0.170. The van der Waals surface area contributed by atoms with E-state index in [0.29, 0.717) is 0 Å². The quantitative estimate of drug-likeness (QED) is 0.773. The molecule has 0 radical (unpaired) electrons. The van der Waals surface area contributed by atoms with Crippen molar-refractivity contribution in [3.8, 4) is 0 Å². The van der Waals surface area contributed by atoms with E-state index in [2.05, 4.69) is 15.9 Å². The zero-order chi connectivity index (χ0) is 11.5. The number of carbonyl (C=O) groups excluding carboxylic acids is 1. The number of rotatable bonds is 1. The zero-order valence-corrected chi connectivity index (χ0v) is 11.1. The summed E-state index contributed by atoms with van der Waals surface area (Å²) in [6, 6.07) is 5.89. The first-order chi connectivity index (χ1) is 7.66. The van der Waals surface area contributed by atoms with Crippen LogP contribution >= 0.6 is 15.9 Å². The lowest BCUT2D eigenvalue weighted by Gasteiger charge is -2.26. The maximum Gasteiger partial charge on any atom is 0.253 e. The summed E-state index contributed by atoms with van der Waals surface area (Å²) in [7, 11) is 0. The third kappa shape index (κ3) is 2.64. The molecular formula is C13H16BrNO. The van der Waals surface area contributed by atoms with Gasteiger partial charge in [0.05, 0.1) is 0 Å². The second kappa shape index (κ2) is 5.00. The molecule has 86 valence electrons. The first-order valence-corrected chi connectivity index (χ1v) is 6.52. The normalized spacial score (nSPS) is 16.2. The molecule has 0 N–H and O–H groups in total. The van der Waals surface area contributed by atoms with E-state index in [9.17, 15) is 4.79 Å². The fraction of sp³-hybridized carbons (Fsp3) is 0.462. The molecule has 0 bridgehead atoms. The number of hydrogen-bond acceptors (Lipinski definition) is 1. The minimum absolute atomic E-state index is 0.170. The number of nitrogens with zero attached hydrogens (tertiary/aromatic N) is 1. The first kappa shape index (κ1) is 11.6. The third-order valence-electron chi connectivity index (χ3n) is 2.93. The molecule has 0 saturated carbocycles. The fourth-order valence-corrected chi connectivity index (χ4v) is 2.75. The van der Waals surface area contributed by atoms with E-state index in [1.807, 2.05) is 30.0 Å². The van der Waals surface area contributed by atoms with Crippen LogP contribution in [0.1, 0.15) is 35.2 Å². The summed E-state index contributed by atoms with van der Waals surface area (Å²) >= 11 is 3.43. The number of amides is 1. The van der Waals surface area contributed by atoms with E-state index < -0.39 is 0 Å². The molecule has 0 aromatic heterocycles. The Morgan fingerprint density at radius 3 is 2.50 bits per heavy atom. The topological polar surface area (TPSA) is 20.3 Å². The van der Waals surface area contributed by atoms with Crippen LogP contribution in [0.15, 0.2) is 22.7 Å². The van der Waals surface area contributed by atoms with Gasteiger partial charge in [-0.3, -0.25) is 4.79 Å². The lowest BCUT2D eigenvalue weighted by atomic mass is 10.1. The number of hydrogen-bond donors (Lipinski definition) is 0. The van der Waals surface area contributed by atoms with Crippen molar-refractivity contribution in [2.45, 2.75) is 26.2 Å². The van der Waals surface area contributed by atoms with Crippen molar-refractivity contribution in [3.05, 3.63) is 33.8 Å². The van der Waals surface area contributed by atoms with Gasteiger partial charge in [-0.05, 0) is 49.9 Å². The van der Waals surface area contributed by atoms with Crippen molar-refractivity contribution in [2.75, 3.05) is 13.1 Å². The molecule has 0 aliphatic carbocycles. The fourth-order valence-electron chi connectivity index (χ4n) is 2.14. The van der Waals surface area contributed by atoms with Gasteiger partial charge >= 0.3 is 0 Å². The molecule has 16 heavy (non-hydrogen) atoms. The standard InChI is InChI=1S/C13H16BrNO/c1-10-7-11(9-12(14)8-10)13(16)15-5-3-2-4-6-15/h7-9H,2-6H2,1H3. The van der Waals surface area contributed by atoms with Crippen LogP contribution in [0, 0.1) is 6.92 Å². The highest BCUT2D eigenvalue weighted by Gasteiger charge is 2.18. The van der Waals surface area contributed by atoms with Crippen molar-refractivity contribution in [3.63, 3.8) is 0 Å². The molecule has 1 aromatic rings. The zero-order valence-electron chi connectivity index (χ0n) is 9.50. The van der Waals surface area contributed by atoms with Crippen LogP contribution in [0.25, 0.3) is 0 Å². The van der Waals surface area contributed by atoms with E-state index >= 15 is 0 Å². The van der Waals surface area contributed by atoms with Gasteiger partial charge < -0.3 is 4.90 Å². The molecule has 0 atom stereocenters. The summed E-state index contributed by atoms with van der Waals surface area (Å²) in [6.45, 7) is 3.83. The number of piperidine rings is 1. The summed E-state index contributed by atoms with van der Waals surface area (Å²) in [4.78, 5) is 14.2. The van der Waals surface area contributed by atoms with E-state index in [1.165, 1.54) is 6.42 Å². The average Bonchev–Trinajstić information content (AvgIpc) is 2.28. The molecule has 2 rings (SSSR count). The molecule has 1 aliphatic rings. The van der Waals surface area contributed by atoms with E-state index in [0.717, 1.165) is 41.5 Å². The molecule has 1 fully saturated rings. The first-order valence-electron chi connectivity index (χ1n) is 5.73. The lowest BCUT2D eigenvalue weighted by molar-refractivity contribution is 0.0724. The van der Waals surface area contributed by atoms with Crippen molar-refractivity contribution >= 4 is 21.8 Å². The molecule has 3 heteroatoms. The maximum atomic E-state index is 12.2. The smallest absolute Gasteiger partial charge is 0.253 e. The Morgan fingerprint density at radius 1 is 1.19 bits per heavy atom. The Labute approximate surface area is 105 Å². The van der Waals surface area contributed by atoms with Gasteiger partial charge in [-0.25, -0.2) is 0 Å². The Hall–Kier alpha value is -0.830. The maximum absolute atomic E-state index is 12.2. The Bertz CT molecular complexity index is 377. The molecule has 1 aromatic carbocycles. The minimum atomic E-state index is 0.170. The number of likely N-dealkylation sites (tertiary alicyclic amines) is 1. The summed E-state index contributed by atoms with van der Waals surface area (Å²) in [6.07, 6.45) is 3.53. The SMILES string of the molecule is Cc1cc(Br)cc(C(=O)N2CCCCC2)c1. The van der Waals surface area contributed by atoms with E-state index in [-0.39, 0.29) is 5.91 Å². The number of carbonyl (C=O) groups is 1. The number of aryl methyl sites for hydroxylation is 1. The van der Waals surface area contributed by atoms with Crippen LogP contribution in [0.2, 0.25) is 0 Å². The molecular weight excluding hydrogens is 266 g/mol. The van der Waals surface area contributed by atoms with Gasteiger partial charge in [-0.1, -0.05) is 15.9 Å². The molecule has 1 heterocycles. The van der Waals surface area contributed by atoms with Crippen molar-refractivity contribution < 1.29 is 4.79 Å². The highest BCUT2D eigenvalue weighted by Crippen LogP contribution is 2.18. The highest BCUT2D eigenvalue weighted by molar-refractivity contribution is 9.10. The molecule has 0 unspecified atom stereocenters. The second-order valence-corrected chi connectivity index (χ2v) is 5.29. The van der Waals surface area contributed by atoms with Gasteiger partial charge in [0.1, 0.15) is 0 Å². The Balaban J connectivity index is 2.19. The van der Waals surface area contributed by atoms with Crippen molar-refractivity contribution in [2.24, 2.45) is 0 Å². The van der Waals surface area contributed by atoms with Crippen molar-refractivity contribution in [1.82, 2.24) is 4.90 Å². The monoisotopic (exact) mass is 281 g/mol. The van der Waals surface area contributed by atoms with Crippen LogP contribution in [0.4, 0.5) is 0 Å². The van der Waals surface area contributed by atoms with E-state index in [1.54, 1.807) is 0 Å². The Kier molecular flexibility index (Phi) is 3.64. The third-order valence-corrected chi connectivity index (χ3v) is 3.39. The largest absolute Gasteiger partial charge is 0.339 e. The van der Waals surface area contributed by atoms with Gasteiger partial charge in [0.15, 0.2) is 0 Å². The van der Waals surface area contributed by atoms with Gasteiger partial charge in [0, 0.05) is 23.1 Å². The van der Waals surface area contributed by atoms with Gasteiger partial charge in [-0.15, -0.1) is 0 Å². The summed E-state index contributed by atoms with van der Waals surface area (Å²) in [5, 5.41) is 0. The van der Waals surface area contributed by atoms with Gasteiger partial charge in [-0.2, -0.15) is 0 Å². The van der Waals surface area contributed by atoms with Crippen molar-refractivity contribution in [1.29, 1.82) is 0 Å².